The van der Waals surface area contributed by atoms with E-state index in [0.29, 0.717) is 58.3 Å². The molecule has 12 heteroatoms. The number of nitrogens with zero attached hydrogens (tertiary/aromatic N) is 2. The molecule has 2 unspecified atom stereocenters. The standard InChI is InChI=1S/C46H50N4O8/c1-29(2)57-43(51)39-31(5)49(27-33-13-9-7-10-14-33)45(53)47-41(39)35-17-21-37(22-18-35)55-25-26-56-38-23-19-36(20-24-38)42-40(44(52)58-30(3)4)32(6)50(46(54)48-42)28-34-15-11-8-12-16-34/h7-24,29-30,41-42H,25-28H2,1-6H3,(H,47,53)(H,48,54). The Balaban J connectivity index is 1.08. The van der Waals surface area contributed by atoms with Crippen molar-refractivity contribution >= 4 is 24.0 Å². The number of allylic oxidation sites excluding steroid dienone is 2. The van der Waals surface area contributed by atoms with E-state index in [-0.39, 0.29) is 37.5 Å². The van der Waals surface area contributed by atoms with Gasteiger partial charge in [-0.15, -0.1) is 0 Å². The number of ether oxygens (including phenoxy) is 4. The van der Waals surface area contributed by atoms with Gasteiger partial charge in [-0.25, -0.2) is 19.2 Å². The van der Waals surface area contributed by atoms with Crippen LogP contribution in [-0.2, 0) is 32.2 Å². The second-order valence-corrected chi connectivity index (χ2v) is 14.6. The number of hydrogen-bond donors (Lipinski definition) is 2. The van der Waals surface area contributed by atoms with Crippen molar-refractivity contribution in [1.82, 2.24) is 20.4 Å². The van der Waals surface area contributed by atoms with E-state index < -0.39 is 24.0 Å². The van der Waals surface area contributed by atoms with Crippen molar-refractivity contribution in [3.63, 3.8) is 0 Å². The molecule has 0 saturated heterocycles. The summed E-state index contributed by atoms with van der Waals surface area (Å²) in [7, 11) is 0. The lowest BCUT2D eigenvalue weighted by atomic mass is 9.94. The number of amides is 4. The predicted octanol–water partition coefficient (Wildman–Crippen LogP) is 8.13. The van der Waals surface area contributed by atoms with E-state index in [4.69, 9.17) is 18.9 Å². The van der Waals surface area contributed by atoms with Gasteiger partial charge in [0.05, 0.1) is 48.5 Å². The van der Waals surface area contributed by atoms with Crippen molar-refractivity contribution in [2.45, 2.75) is 78.9 Å². The number of hydrogen-bond acceptors (Lipinski definition) is 8. The first kappa shape index (κ1) is 41.1. The van der Waals surface area contributed by atoms with Crippen LogP contribution < -0.4 is 20.1 Å². The summed E-state index contributed by atoms with van der Waals surface area (Å²) in [6, 6.07) is 31.5. The van der Waals surface area contributed by atoms with Gasteiger partial charge < -0.3 is 29.6 Å². The van der Waals surface area contributed by atoms with E-state index in [0.717, 1.165) is 11.1 Å². The molecule has 0 aromatic heterocycles. The number of nitrogens with one attached hydrogen (secondary N) is 2. The van der Waals surface area contributed by atoms with E-state index in [1.165, 1.54) is 0 Å². The zero-order valence-corrected chi connectivity index (χ0v) is 33.7. The molecular formula is C46H50N4O8. The summed E-state index contributed by atoms with van der Waals surface area (Å²) in [5.74, 6) is 0.186. The van der Waals surface area contributed by atoms with Crippen molar-refractivity contribution in [3.05, 3.63) is 154 Å². The monoisotopic (exact) mass is 786 g/mol. The quantitative estimate of drug-likeness (QED) is 0.0912. The van der Waals surface area contributed by atoms with Crippen molar-refractivity contribution in [1.29, 1.82) is 0 Å². The molecule has 302 valence electrons. The second-order valence-electron chi connectivity index (χ2n) is 14.6. The molecule has 0 bridgehead atoms. The fourth-order valence-electron chi connectivity index (χ4n) is 6.89. The number of carbonyl (C=O) groups excluding carboxylic acids is 4. The van der Waals surface area contributed by atoms with Gasteiger partial charge in [-0.05, 0) is 88.1 Å². The highest BCUT2D eigenvalue weighted by molar-refractivity contribution is 5.96. The minimum absolute atomic E-state index is 0.240. The molecular weight excluding hydrogens is 737 g/mol. The number of benzene rings is 4. The highest BCUT2D eigenvalue weighted by Gasteiger charge is 2.38. The van der Waals surface area contributed by atoms with E-state index in [2.05, 4.69) is 10.6 Å². The van der Waals surface area contributed by atoms with Crippen molar-refractivity contribution in [2.24, 2.45) is 0 Å². The Morgan fingerprint density at radius 3 is 1.22 bits per heavy atom. The zero-order chi connectivity index (χ0) is 41.3. The van der Waals surface area contributed by atoms with Crippen molar-refractivity contribution < 1.29 is 38.1 Å². The summed E-state index contributed by atoms with van der Waals surface area (Å²) < 4.78 is 23.1. The molecule has 0 aliphatic carbocycles. The lowest BCUT2D eigenvalue weighted by Gasteiger charge is -2.35. The van der Waals surface area contributed by atoms with Gasteiger partial charge in [0.25, 0.3) is 0 Å². The fourth-order valence-corrected chi connectivity index (χ4v) is 6.89. The fraction of sp³-hybridized carbons (Fsp3) is 0.304. The summed E-state index contributed by atoms with van der Waals surface area (Å²) >= 11 is 0. The van der Waals surface area contributed by atoms with Crippen LogP contribution in [0.1, 0.15) is 75.9 Å². The van der Waals surface area contributed by atoms with E-state index in [9.17, 15) is 19.2 Å². The Morgan fingerprint density at radius 1 is 0.552 bits per heavy atom. The van der Waals surface area contributed by atoms with Crippen LogP contribution >= 0.6 is 0 Å². The normalized spacial score (nSPS) is 17.0. The third-order valence-corrected chi connectivity index (χ3v) is 9.73. The lowest BCUT2D eigenvalue weighted by molar-refractivity contribution is -0.144. The molecule has 4 aromatic carbocycles. The molecule has 0 radical (unpaired) electrons. The van der Waals surface area contributed by atoms with Crippen LogP contribution in [0.15, 0.2) is 132 Å². The minimum atomic E-state index is -0.711. The van der Waals surface area contributed by atoms with Gasteiger partial charge in [0, 0.05) is 11.4 Å². The van der Waals surface area contributed by atoms with Gasteiger partial charge in [0.1, 0.15) is 24.7 Å². The Kier molecular flexibility index (Phi) is 13.2. The SMILES string of the molecule is CC1=C(C(=O)OC(C)C)C(c2ccc(OCCOc3ccc(C4NC(=O)N(Cc5ccccc5)C(C)=C4C(=O)OC(C)C)cc3)cc2)NC(=O)N1Cc1ccccc1. The topological polar surface area (TPSA) is 136 Å². The third kappa shape index (κ3) is 9.87. The van der Waals surface area contributed by atoms with E-state index in [1.807, 2.05) is 84.9 Å². The molecule has 2 atom stereocenters. The first-order valence-corrected chi connectivity index (χ1v) is 19.4. The highest BCUT2D eigenvalue weighted by atomic mass is 16.5. The molecule has 0 saturated carbocycles. The molecule has 4 amide bonds. The highest BCUT2D eigenvalue weighted by Crippen LogP contribution is 2.35. The van der Waals surface area contributed by atoms with Gasteiger partial charge in [-0.3, -0.25) is 9.80 Å². The maximum absolute atomic E-state index is 13.4. The largest absolute Gasteiger partial charge is 0.490 e. The van der Waals surface area contributed by atoms with Crippen molar-refractivity contribution in [3.8, 4) is 11.5 Å². The number of urea groups is 2. The van der Waals surface area contributed by atoms with Gasteiger partial charge in [-0.1, -0.05) is 84.9 Å². The third-order valence-electron chi connectivity index (χ3n) is 9.73. The first-order chi connectivity index (χ1) is 27.9. The first-order valence-electron chi connectivity index (χ1n) is 19.4. The molecule has 0 fully saturated rings. The minimum Gasteiger partial charge on any atom is -0.490 e. The van der Waals surface area contributed by atoms with Crippen LogP contribution in [0.3, 0.4) is 0 Å². The number of rotatable bonds is 15. The van der Waals surface area contributed by atoms with Gasteiger partial charge in [0.2, 0.25) is 0 Å². The summed E-state index contributed by atoms with van der Waals surface area (Å²) in [6.45, 7) is 11.8. The van der Waals surface area contributed by atoms with Crippen LogP contribution in [0, 0.1) is 0 Å². The average molecular weight is 787 g/mol. The lowest BCUT2D eigenvalue weighted by Crippen LogP contribution is -2.47. The van der Waals surface area contributed by atoms with Gasteiger partial charge in [0.15, 0.2) is 0 Å². The predicted molar refractivity (Wildman–Crippen MR) is 218 cm³/mol. The van der Waals surface area contributed by atoms with Crippen LogP contribution in [-0.4, -0.2) is 59.2 Å². The Morgan fingerprint density at radius 2 is 0.897 bits per heavy atom. The number of carbonyl (C=O) groups is 4. The van der Waals surface area contributed by atoms with Gasteiger partial charge in [-0.2, -0.15) is 0 Å². The van der Waals surface area contributed by atoms with Crippen LogP contribution in [0.25, 0.3) is 0 Å². The van der Waals surface area contributed by atoms with Crippen molar-refractivity contribution in [2.75, 3.05) is 13.2 Å². The molecule has 58 heavy (non-hydrogen) atoms. The van der Waals surface area contributed by atoms with Crippen LogP contribution in [0.5, 0.6) is 11.5 Å². The molecule has 6 rings (SSSR count). The molecule has 2 heterocycles. The van der Waals surface area contributed by atoms with E-state index in [1.54, 1.807) is 75.6 Å². The van der Waals surface area contributed by atoms with Gasteiger partial charge >= 0.3 is 24.0 Å². The molecule has 2 aliphatic heterocycles. The summed E-state index contributed by atoms with van der Waals surface area (Å²) in [5, 5.41) is 6.00. The molecule has 2 aliphatic rings. The van der Waals surface area contributed by atoms with E-state index >= 15 is 0 Å². The number of esters is 2. The van der Waals surface area contributed by atoms with Crippen LogP contribution in [0.4, 0.5) is 9.59 Å². The summed E-state index contributed by atoms with van der Waals surface area (Å²) in [4.78, 5) is 56.6. The summed E-state index contributed by atoms with van der Waals surface area (Å²) in [6.07, 6.45) is -0.675. The molecule has 4 aromatic rings. The zero-order valence-electron chi connectivity index (χ0n) is 33.7. The molecule has 2 N–H and O–H groups in total. The summed E-state index contributed by atoms with van der Waals surface area (Å²) in [5.41, 5.74) is 5.07. The molecule has 12 nitrogen and oxygen atoms in total. The molecule has 0 spiro atoms. The Bertz CT molecular complexity index is 1990. The second kappa shape index (κ2) is 18.6. The Hall–Kier alpha value is -6.56. The smallest absolute Gasteiger partial charge is 0.338 e. The Labute approximate surface area is 339 Å². The average Bonchev–Trinajstić information content (AvgIpc) is 3.20. The maximum atomic E-state index is 13.4. The van der Waals surface area contributed by atoms with Crippen LogP contribution in [0.2, 0.25) is 0 Å². The maximum Gasteiger partial charge on any atom is 0.338 e.